The summed E-state index contributed by atoms with van der Waals surface area (Å²) in [5, 5.41) is 2.49. The smallest absolute Gasteiger partial charge is 0.107 e. The van der Waals surface area contributed by atoms with Gasteiger partial charge in [0.05, 0.1) is 6.61 Å². The standard InChI is InChI=1S/C15H14O/c1-3-10-16-11-15-12(2)8-9-13-6-4-5-7-14(13)15/h1,4-9H,10-11H2,2H3. The van der Waals surface area contributed by atoms with Crippen LogP contribution in [0.15, 0.2) is 36.4 Å². The van der Waals surface area contributed by atoms with E-state index in [1.54, 1.807) is 0 Å². The minimum absolute atomic E-state index is 0.364. The predicted octanol–water partition coefficient (Wildman–Crippen LogP) is 3.30. The van der Waals surface area contributed by atoms with E-state index in [1.807, 2.05) is 12.1 Å². The molecular weight excluding hydrogens is 196 g/mol. The highest BCUT2D eigenvalue weighted by molar-refractivity contribution is 5.86. The fraction of sp³-hybridized carbons (Fsp3) is 0.200. The molecule has 0 aliphatic heterocycles. The Morgan fingerprint density at radius 3 is 2.81 bits per heavy atom. The summed E-state index contributed by atoms with van der Waals surface area (Å²) in [7, 11) is 0. The number of benzene rings is 2. The van der Waals surface area contributed by atoms with Crippen molar-refractivity contribution in [1.29, 1.82) is 0 Å². The zero-order chi connectivity index (χ0) is 11.4. The van der Waals surface area contributed by atoms with Gasteiger partial charge in [-0.05, 0) is 28.8 Å². The second kappa shape index (κ2) is 4.83. The highest BCUT2D eigenvalue weighted by Crippen LogP contribution is 2.22. The van der Waals surface area contributed by atoms with Gasteiger partial charge in [-0.1, -0.05) is 42.3 Å². The van der Waals surface area contributed by atoms with Crippen molar-refractivity contribution >= 4 is 10.8 Å². The Morgan fingerprint density at radius 2 is 2.00 bits per heavy atom. The van der Waals surface area contributed by atoms with Crippen molar-refractivity contribution in [2.75, 3.05) is 6.61 Å². The molecule has 0 atom stereocenters. The molecule has 0 fully saturated rings. The lowest BCUT2D eigenvalue weighted by Gasteiger charge is -2.09. The minimum atomic E-state index is 0.364. The van der Waals surface area contributed by atoms with Crippen LogP contribution in [0.1, 0.15) is 11.1 Å². The number of hydrogen-bond donors (Lipinski definition) is 0. The molecule has 80 valence electrons. The van der Waals surface area contributed by atoms with Crippen molar-refractivity contribution in [2.45, 2.75) is 13.5 Å². The van der Waals surface area contributed by atoms with Gasteiger partial charge in [0.2, 0.25) is 0 Å². The number of hydrogen-bond acceptors (Lipinski definition) is 1. The van der Waals surface area contributed by atoms with E-state index in [0.29, 0.717) is 13.2 Å². The zero-order valence-corrected chi connectivity index (χ0v) is 9.36. The summed E-state index contributed by atoms with van der Waals surface area (Å²) in [6, 6.07) is 12.6. The molecular formula is C15H14O. The van der Waals surface area contributed by atoms with E-state index in [4.69, 9.17) is 11.2 Å². The Bertz CT molecular complexity index is 535. The molecule has 0 spiro atoms. The van der Waals surface area contributed by atoms with E-state index in [-0.39, 0.29) is 0 Å². The van der Waals surface area contributed by atoms with Gasteiger partial charge < -0.3 is 4.74 Å². The van der Waals surface area contributed by atoms with Crippen molar-refractivity contribution in [3.63, 3.8) is 0 Å². The first-order valence-electron chi connectivity index (χ1n) is 5.31. The van der Waals surface area contributed by atoms with E-state index in [0.717, 1.165) is 0 Å². The Hall–Kier alpha value is -1.78. The van der Waals surface area contributed by atoms with E-state index < -0.39 is 0 Å². The summed E-state index contributed by atoms with van der Waals surface area (Å²) in [6.45, 7) is 3.04. The average Bonchev–Trinajstić information content (AvgIpc) is 2.32. The van der Waals surface area contributed by atoms with Crippen LogP contribution < -0.4 is 0 Å². The van der Waals surface area contributed by atoms with Crippen LogP contribution in [0.4, 0.5) is 0 Å². The van der Waals surface area contributed by atoms with Gasteiger partial charge in [0.25, 0.3) is 0 Å². The third-order valence-corrected chi connectivity index (χ3v) is 2.71. The number of ether oxygens (including phenoxy) is 1. The number of aryl methyl sites for hydroxylation is 1. The Labute approximate surface area is 96.1 Å². The molecule has 2 aromatic rings. The lowest BCUT2D eigenvalue weighted by atomic mass is 10.0. The quantitative estimate of drug-likeness (QED) is 0.558. The Morgan fingerprint density at radius 1 is 1.19 bits per heavy atom. The second-order valence-corrected chi connectivity index (χ2v) is 3.78. The molecule has 0 aliphatic carbocycles. The molecule has 2 aromatic carbocycles. The van der Waals surface area contributed by atoms with Gasteiger partial charge in [0.1, 0.15) is 6.61 Å². The van der Waals surface area contributed by atoms with E-state index in [1.165, 1.54) is 21.9 Å². The third kappa shape index (κ3) is 2.08. The van der Waals surface area contributed by atoms with Crippen molar-refractivity contribution in [3.8, 4) is 12.3 Å². The normalized spacial score (nSPS) is 10.2. The van der Waals surface area contributed by atoms with Gasteiger partial charge in [-0.15, -0.1) is 6.42 Å². The van der Waals surface area contributed by atoms with Crippen LogP contribution in [-0.4, -0.2) is 6.61 Å². The van der Waals surface area contributed by atoms with Crippen LogP contribution in [-0.2, 0) is 11.3 Å². The number of terminal acetylenes is 1. The summed E-state index contributed by atoms with van der Waals surface area (Å²) < 4.78 is 5.42. The first-order chi connectivity index (χ1) is 7.83. The Balaban J connectivity index is 2.41. The molecule has 0 aliphatic rings. The highest BCUT2D eigenvalue weighted by atomic mass is 16.5. The van der Waals surface area contributed by atoms with Crippen LogP contribution in [0.3, 0.4) is 0 Å². The molecule has 16 heavy (non-hydrogen) atoms. The topological polar surface area (TPSA) is 9.23 Å². The lowest BCUT2D eigenvalue weighted by Crippen LogP contribution is -1.96. The largest absolute Gasteiger partial charge is 0.364 e. The van der Waals surface area contributed by atoms with Crippen molar-refractivity contribution < 1.29 is 4.74 Å². The summed E-state index contributed by atoms with van der Waals surface area (Å²) in [4.78, 5) is 0. The summed E-state index contributed by atoms with van der Waals surface area (Å²) in [6.07, 6.45) is 5.17. The van der Waals surface area contributed by atoms with Gasteiger partial charge in [-0.2, -0.15) is 0 Å². The first kappa shape index (κ1) is 10.7. The maximum atomic E-state index is 5.42. The molecule has 1 nitrogen and oxygen atoms in total. The zero-order valence-electron chi connectivity index (χ0n) is 9.36. The summed E-state index contributed by atoms with van der Waals surface area (Å²) in [5.41, 5.74) is 2.48. The minimum Gasteiger partial charge on any atom is -0.364 e. The fourth-order valence-electron chi connectivity index (χ4n) is 1.85. The van der Waals surface area contributed by atoms with Crippen LogP contribution in [0.2, 0.25) is 0 Å². The maximum absolute atomic E-state index is 5.42. The molecule has 0 saturated carbocycles. The van der Waals surface area contributed by atoms with E-state index >= 15 is 0 Å². The van der Waals surface area contributed by atoms with Crippen LogP contribution in [0, 0.1) is 19.3 Å². The third-order valence-electron chi connectivity index (χ3n) is 2.71. The maximum Gasteiger partial charge on any atom is 0.107 e. The molecule has 0 aromatic heterocycles. The molecule has 0 heterocycles. The second-order valence-electron chi connectivity index (χ2n) is 3.78. The van der Waals surface area contributed by atoms with E-state index in [2.05, 4.69) is 37.1 Å². The molecule has 0 unspecified atom stereocenters. The monoisotopic (exact) mass is 210 g/mol. The number of rotatable bonds is 3. The van der Waals surface area contributed by atoms with Gasteiger partial charge in [0, 0.05) is 0 Å². The van der Waals surface area contributed by atoms with Gasteiger partial charge in [-0.3, -0.25) is 0 Å². The molecule has 2 rings (SSSR count). The van der Waals surface area contributed by atoms with Crippen molar-refractivity contribution in [3.05, 3.63) is 47.5 Å². The lowest BCUT2D eigenvalue weighted by molar-refractivity contribution is 0.154. The molecule has 0 radical (unpaired) electrons. The fourth-order valence-corrected chi connectivity index (χ4v) is 1.85. The molecule has 0 saturated heterocycles. The molecule has 1 heteroatoms. The van der Waals surface area contributed by atoms with Gasteiger partial charge in [0.15, 0.2) is 0 Å². The first-order valence-corrected chi connectivity index (χ1v) is 5.31. The van der Waals surface area contributed by atoms with Gasteiger partial charge >= 0.3 is 0 Å². The summed E-state index contributed by atoms with van der Waals surface area (Å²) in [5.74, 6) is 2.48. The van der Waals surface area contributed by atoms with Crippen LogP contribution in [0.25, 0.3) is 10.8 Å². The van der Waals surface area contributed by atoms with Crippen molar-refractivity contribution in [1.82, 2.24) is 0 Å². The molecule has 0 N–H and O–H groups in total. The number of fused-ring (bicyclic) bond motifs is 1. The van der Waals surface area contributed by atoms with Gasteiger partial charge in [-0.25, -0.2) is 0 Å². The van der Waals surface area contributed by atoms with Crippen LogP contribution >= 0.6 is 0 Å². The average molecular weight is 210 g/mol. The Kier molecular flexibility index (Phi) is 3.24. The van der Waals surface area contributed by atoms with E-state index in [9.17, 15) is 0 Å². The van der Waals surface area contributed by atoms with Crippen LogP contribution in [0.5, 0.6) is 0 Å². The SMILES string of the molecule is C#CCOCc1c(C)ccc2ccccc12. The highest BCUT2D eigenvalue weighted by Gasteiger charge is 2.03. The molecule has 0 bridgehead atoms. The predicted molar refractivity (Wildman–Crippen MR) is 67.2 cm³/mol. The molecule has 0 amide bonds. The summed E-state index contributed by atoms with van der Waals surface area (Å²) >= 11 is 0. The van der Waals surface area contributed by atoms with Crippen molar-refractivity contribution in [2.24, 2.45) is 0 Å².